The maximum absolute atomic E-state index is 13.8. The van der Waals surface area contributed by atoms with Crippen LogP contribution in [0, 0.1) is 23.2 Å². The molecule has 4 nitrogen and oxygen atoms in total. The maximum atomic E-state index is 13.8. The lowest BCUT2D eigenvalue weighted by Crippen LogP contribution is -2.51. The van der Waals surface area contributed by atoms with E-state index in [0.717, 1.165) is 22.3 Å². The summed E-state index contributed by atoms with van der Waals surface area (Å²) in [5.74, 6) is -1.26. The van der Waals surface area contributed by atoms with E-state index in [1.807, 2.05) is 24.3 Å². The van der Waals surface area contributed by atoms with Crippen LogP contribution in [-0.2, 0) is 15.0 Å². The van der Waals surface area contributed by atoms with Gasteiger partial charge in [0.05, 0.1) is 29.2 Å². The largest absolute Gasteiger partial charge is 0.274 e. The van der Waals surface area contributed by atoms with Gasteiger partial charge in [0.15, 0.2) is 0 Å². The summed E-state index contributed by atoms with van der Waals surface area (Å²) in [6.45, 7) is 2.12. The number of hydrogen-bond acceptors (Lipinski definition) is 3. The Kier molecular flexibility index (Phi) is 3.25. The van der Waals surface area contributed by atoms with Crippen LogP contribution in [-0.4, -0.2) is 11.8 Å². The zero-order valence-corrected chi connectivity index (χ0v) is 16.4. The average molecular weight is 390 g/mol. The average Bonchev–Trinajstić information content (AvgIpc) is 3.06. The standard InChI is InChI=1S/C26H18N2O2/c1-26-19-8-4-2-6-17(19)21(18-7-3-5-9-20(18)26)22-23(26)25(30)28(24(22)29)16-12-10-15(14-27)11-13-16/h2-13,21-23H,1H3/t21?,22-,23-,26?/m1/s1. The molecule has 3 aromatic rings. The van der Waals surface area contributed by atoms with Crippen molar-refractivity contribution in [3.63, 3.8) is 0 Å². The number of carbonyl (C=O) groups excluding carboxylic acids is 2. The fraction of sp³-hybridized carbons (Fsp3) is 0.192. The highest BCUT2D eigenvalue weighted by molar-refractivity contribution is 6.23. The van der Waals surface area contributed by atoms with Gasteiger partial charge < -0.3 is 0 Å². The Morgan fingerprint density at radius 2 is 1.40 bits per heavy atom. The molecule has 0 aromatic heterocycles. The van der Waals surface area contributed by atoms with Crippen LogP contribution in [0.2, 0.25) is 0 Å². The van der Waals surface area contributed by atoms with E-state index in [-0.39, 0.29) is 17.7 Å². The molecular formula is C26H18N2O2. The van der Waals surface area contributed by atoms with Crippen LogP contribution in [0.5, 0.6) is 0 Å². The molecule has 3 aliphatic carbocycles. The molecule has 0 radical (unpaired) electrons. The second-order valence-electron chi connectivity index (χ2n) is 8.53. The first-order chi connectivity index (χ1) is 14.6. The number of anilines is 1. The summed E-state index contributed by atoms with van der Waals surface area (Å²) in [6.07, 6.45) is 0. The smallest absolute Gasteiger partial charge is 0.238 e. The number of carbonyl (C=O) groups is 2. The molecular weight excluding hydrogens is 372 g/mol. The highest BCUT2D eigenvalue weighted by Crippen LogP contribution is 2.64. The predicted octanol–water partition coefficient (Wildman–Crippen LogP) is 4.13. The SMILES string of the molecule is CC12c3ccccc3C(c3ccccc31)[C@H]1C(=O)N(c3ccc(C#N)cc3)C(=O)[C@@H]12. The highest BCUT2D eigenvalue weighted by Gasteiger charge is 2.66. The van der Waals surface area contributed by atoms with Crippen molar-refractivity contribution in [1.29, 1.82) is 5.26 Å². The second kappa shape index (κ2) is 5.67. The molecule has 4 aliphatic rings. The number of benzene rings is 3. The Bertz CT molecular complexity index is 1240. The fourth-order valence-corrected chi connectivity index (χ4v) is 6.09. The number of nitrogens with zero attached hydrogens (tertiary/aromatic N) is 2. The minimum absolute atomic E-state index is 0.121. The number of hydrogen-bond donors (Lipinski definition) is 0. The van der Waals surface area contributed by atoms with Crippen molar-refractivity contribution >= 4 is 17.5 Å². The fourth-order valence-electron chi connectivity index (χ4n) is 6.09. The zero-order valence-electron chi connectivity index (χ0n) is 16.4. The molecule has 1 aliphatic heterocycles. The second-order valence-corrected chi connectivity index (χ2v) is 8.53. The van der Waals surface area contributed by atoms with Gasteiger partial charge in [0.25, 0.3) is 0 Å². The van der Waals surface area contributed by atoms with Crippen molar-refractivity contribution in [3.05, 3.63) is 101 Å². The van der Waals surface area contributed by atoms with E-state index in [0.29, 0.717) is 11.3 Å². The molecule has 30 heavy (non-hydrogen) atoms. The lowest BCUT2D eigenvalue weighted by Gasteiger charge is -2.52. The molecule has 7 rings (SSSR count). The zero-order chi connectivity index (χ0) is 20.6. The number of nitriles is 1. The van der Waals surface area contributed by atoms with E-state index < -0.39 is 17.3 Å². The minimum Gasteiger partial charge on any atom is -0.274 e. The van der Waals surface area contributed by atoms with E-state index in [4.69, 9.17) is 5.26 Å². The van der Waals surface area contributed by atoms with Crippen molar-refractivity contribution in [1.82, 2.24) is 0 Å². The molecule has 1 fully saturated rings. The van der Waals surface area contributed by atoms with Gasteiger partial charge in [0.2, 0.25) is 11.8 Å². The van der Waals surface area contributed by atoms with Crippen molar-refractivity contribution in [2.75, 3.05) is 4.90 Å². The van der Waals surface area contributed by atoms with Gasteiger partial charge in [-0.3, -0.25) is 9.59 Å². The summed E-state index contributed by atoms with van der Waals surface area (Å²) in [5, 5.41) is 9.08. The van der Waals surface area contributed by atoms with Crippen molar-refractivity contribution < 1.29 is 9.59 Å². The first kappa shape index (κ1) is 17.2. The third-order valence-electron chi connectivity index (χ3n) is 7.30. The van der Waals surface area contributed by atoms with Crippen LogP contribution in [0.25, 0.3) is 0 Å². The minimum atomic E-state index is -0.555. The van der Waals surface area contributed by atoms with Crippen LogP contribution in [0.4, 0.5) is 5.69 Å². The molecule has 2 amide bonds. The van der Waals surface area contributed by atoms with Gasteiger partial charge in [0, 0.05) is 11.3 Å². The van der Waals surface area contributed by atoms with Crippen LogP contribution in [0.3, 0.4) is 0 Å². The lowest BCUT2D eigenvalue weighted by molar-refractivity contribution is -0.123. The topological polar surface area (TPSA) is 61.2 Å². The summed E-state index contributed by atoms with van der Waals surface area (Å²) in [5.41, 5.74) is 5.10. The normalized spacial score (nSPS) is 28.0. The maximum Gasteiger partial charge on any atom is 0.238 e. The summed E-state index contributed by atoms with van der Waals surface area (Å²) in [7, 11) is 0. The lowest BCUT2D eigenvalue weighted by atomic mass is 9.48. The third-order valence-corrected chi connectivity index (χ3v) is 7.30. The molecule has 0 saturated carbocycles. The Morgan fingerprint density at radius 3 is 1.97 bits per heavy atom. The van der Waals surface area contributed by atoms with Gasteiger partial charge >= 0.3 is 0 Å². The van der Waals surface area contributed by atoms with Crippen LogP contribution >= 0.6 is 0 Å². The molecule has 0 N–H and O–H groups in total. The molecule has 3 aromatic carbocycles. The molecule has 1 heterocycles. The Balaban J connectivity index is 1.58. The summed E-state index contributed by atoms with van der Waals surface area (Å²) < 4.78 is 0. The Hall–Kier alpha value is -3.71. The van der Waals surface area contributed by atoms with Gasteiger partial charge in [-0.15, -0.1) is 0 Å². The van der Waals surface area contributed by atoms with E-state index in [1.165, 1.54) is 4.90 Å². The van der Waals surface area contributed by atoms with Gasteiger partial charge in [-0.1, -0.05) is 55.5 Å². The van der Waals surface area contributed by atoms with Gasteiger partial charge in [-0.05, 0) is 46.5 Å². The van der Waals surface area contributed by atoms with Crippen molar-refractivity contribution in [3.8, 4) is 6.07 Å². The summed E-state index contributed by atoms with van der Waals surface area (Å²) in [4.78, 5) is 28.8. The highest BCUT2D eigenvalue weighted by atomic mass is 16.2. The molecule has 4 heteroatoms. The molecule has 0 unspecified atom stereocenters. The Morgan fingerprint density at radius 1 is 0.833 bits per heavy atom. The number of rotatable bonds is 1. The summed E-state index contributed by atoms with van der Waals surface area (Å²) >= 11 is 0. The molecule has 144 valence electrons. The van der Waals surface area contributed by atoms with Crippen molar-refractivity contribution in [2.45, 2.75) is 18.3 Å². The Labute approximate surface area is 174 Å². The van der Waals surface area contributed by atoms with Gasteiger partial charge in [-0.25, -0.2) is 4.90 Å². The first-order valence-corrected chi connectivity index (χ1v) is 10.1. The van der Waals surface area contributed by atoms with E-state index in [1.54, 1.807) is 24.3 Å². The molecule has 2 bridgehead atoms. The monoisotopic (exact) mass is 390 g/mol. The van der Waals surface area contributed by atoms with E-state index in [2.05, 4.69) is 37.3 Å². The van der Waals surface area contributed by atoms with Gasteiger partial charge in [-0.2, -0.15) is 5.26 Å². The third kappa shape index (κ3) is 1.85. The van der Waals surface area contributed by atoms with E-state index >= 15 is 0 Å². The summed E-state index contributed by atoms with van der Waals surface area (Å²) in [6, 6.07) is 25.2. The molecule has 1 saturated heterocycles. The quantitative estimate of drug-likeness (QED) is 0.587. The predicted molar refractivity (Wildman–Crippen MR) is 112 cm³/mol. The van der Waals surface area contributed by atoms with Crippen molar-refractivity contribution in [2.24, 2.45) is 11.8 Å². The van der Waals surface area contributed by atoms with Crippen LogP contribution in [0.15, 0.2) is 72.8 Å². The number of imide groups is 1. The molecule has 0 spiro atoms. The van der Waals surface area contributed by atoms with Gasteiger partial charge in [0.1, 0.15) is 0 Å². The van der Waals surface area contributed by atoms with E-state index in [9.17, 15) is 9.59 Å². The number of amides is 2. The first-order valence-electron chi connectivity index (χ1n) is 10.1. The molecule has 2 atom stereocenters. The van der Waals surface area contributed by atoms with Crippen LogP contribution < -0.4 is 4.90 Å². The van der Waals surface area contributed by atoms with Crippen LogP contribution in [0.1, 0.15) is 40.7 Å².